The molecule has 1 N–H and O–H groups in total. The van der Waals surface area contributed by atoms with E-state index in [-0.39, 0.29) is 5.56 Å². The summed E-state index contributed by atoms with van der Waals surface area (Å²) in [6.07, 6.45) is 2.25. The number of hydrogen-bond donors (Lipinski definition) is 1. The summed E-state index contributed by atoms with van der Waals surface area (Å²) in [5.41, 5.74) is 0.544. The van der Waals surface area contributed by atoms with E-state index in [1.54, 1.807) is 22.8 Å². The van der Waals surface area contributed by atoms with Crippen molar-refractivity contribution in [2.45, 2.75) is 66.0 Å². The van der Waals surface area contributed by atoms with Gasteiger partial charge in [-0.15, -0.1) is 0 Å². The number of unbranched alkanes of at least 4 members (excludes halogenated alkanes) is 1. The molecule has 6 nitrogen and oxygen atoms in total. The zero-order valence-corrected chi connectivity index (χ0v) is 15.7. The van der Waals surface area contributed by atoms with Crippen molar-refractivity contribution in [3.63, 3.8) is 0 Å². The van der Waals surface area contributed by atoms with Gasteiger partial charge in [0.2, 0.25) is 0 Å². The maximum atomic E-state index is 12.7. The Morgan fingerprint density at radius 3 is 2.60 bits per heavy atom. The van der Waals surface area contributed by atoms with Crippen LogP contribution in [0.1, 0.15) is 53.3 Å². The number of amides is 1. The first-order valence-corrected chi connectivity index (χ1v) is 8.78. The molecule has 0 saturated carbocycles. The van der Waals surface area contributed by atoms with Crippen molar-refractivity contribution < 1.29 is 9.53 Å². The van der Waals surface area contributed by atoms with Crippen LogP contribution < -0.4 is 10.9 Å². The maximum Gasteiger partial charge on any atom is 0.412 e. The minimum absolute atomic E-state index is 0.0394. The molecule has 0 spiro atoms. The highest BCUT2D eigenvalue weighted by molar-refractivity contribution is 5.89. The van der Waals surface area contributed by atoms with Crippen molar-refractivity contribution in [1.82, 2.24) is 9.55 Å². The van der Waals surface area contributed by atoms with Crippen molar-refractivity contribution in [2.75, 3.05) is 5.32 Å². The van der Waals surface area contributed by atoms with Gasteiger partial charge in [0.05, 0.1) is 10.9 Å². The molecule has 0 aliphatic rings. The molecule has 0 unspecified atom stereocenters. The third-order valence-electron chi connectivity index (χ3n) is 3.75. The Morgan fingerprint density at radius 1 is 1.28 bits per heavy atom. The molecule has 1 heterocycles. The Hall–Kier alpha value is -2.37. The van der Waals surface area contributed by atoms with Crippen LogP contribution in [0.4, 0.5) is 10.5 Å². The van der Waals surface area contributed by atoms with Gasteiger partial charge in [0.15, 0.2) is 0 Å². The van der Waals surface area contributed by atoms with Gasteiger partial charge in [-0.1, -0.05) is 13.3 Å². The number of carbonyl (C=O) groups excluding carboxylic acids is 1. The average Bonchev–Trinajstić information content (AvgIpc) is 2.51. The number of fused-ring (bicyclic) bond motifs is 1. The SMILES string of the molecule is CCCCc1nc2cc(NC(=O)OC(C)(C)C)ccc2c(=O)n1CC. The lowest BCUT2D eigenvalue weighted by molar-refractivity contribution is 0.0636. The number of ether oxygens (including phenoxy) is 1. The van der Waals surface area contributed by atoms with E-state index in [9.17, 15) is 9.59 Å². The molecule has 25 heavy (non-hydrogen) atoms. The van der Waals surface area contributed by atoms with E-state index in [2.05, 4.69) is 17.2 Å². The Bertz CT molecular complexity index is 819. The van der Waals surface area contributed by atoms with Gasteiger partial charge in [-0.05, 0) is 52.3 Å². The molecule has 2 aromatic rings. The highest BCUT2D eigenvalue weighted by Gasteiger charge is 2.17. The van der Waals surface area contributed by atoms with E-state index in [1.165, 1.54) is 0 Å². The molecule has 6 heteroatoms. The molecule has 1 amide bonds. The van der Waals surface area contributed by atoms with Gasteiger partial charge >= 0.3 is 6.09 Å². The van der Waals surface area contributed by atoms with E-state index >= 15 is 0 Å². The van der Waals surface area contributed by atoms with Crippen molar-refractivity contribution >= 4 is 22.7 Å². The molecular formula is C19H27N3O3. The highest BCUT2D eigenvalue weighted by Crippen LogP contribution is 2.17. The number of hydrogen-bond acceptors (Lipinski definition) is 4. The second-order valence-electron chi connectivity index (χ2n) is 7.04. The van der Waals surface area contributed by atoms with Crippen LogP contribution in [-0.2, 0) is 17.7 Å². The second-order valence-corrected chi connectivity index (χ2v) is 7.04. The number of anilines is 1. The number of benzene rings is 1. The maximum absolute atomic E-state index is 12.7. The van der Waals surface area contributed by atoms with Gasteiger partial charge in [0.25, 0.3) is 5.56 Å². The normalized spacial score (nSPS) is 11.6. The second kappa shape index (κ2) is 7.68. The third kappa shape index (κ3) is 4.81. The molecule has 0 aliphatic carbocycles. The quantitative estimate of drug-likeness (QED) is 0.885. The van der Waals surface area contributed by atoms with Crippen LogP contribution in [0.3, 0.4) is 0 Å². The van der Waals surface area contributed by atoms with Gasteiger partial charge in [-0.3, -0.25) is 14.7 Å². The molecule has 0 bridgehead atoms. The van der Waals surface area contributed by atoms with Gasteiger partial charge in [0, 0.05) is 18.7 Å². The standard InChI is InChI=1S/C19H27N3O3/c1-6-8-9-16-21-15-12-13(20-18(24)25-19(3,4)5)10-11-14(15)17(23)22(16)7-2/h10-12H,6-9H2,1-5H3,(H,20,24). The Labute approximate surface area is 148 Å². The first-order chi connectivity index (χ1) is 11.7. The highest BCUT2D eigenvalue weighted by atomic mass is 16.6. The summed E-state index contributed by atoms with van der Waals surface area (Å²) in [5, 5.41) is 3.24. The van der Waals surface area contributed by atoms with Gasteiger partial charge in [0.1, 0.15) is 11.4 Å². The first kappa shape index (κ1) is 19.0. The van der Waals surface area contributed by atoms with Gasteiger partial charge in [-0.2, -0.15) is 0 Å². The molecule has 0 fully saturated rings. The van der Waals surface area contributed by atoms with E-state index < -0.39 is 11.7 Å². The molecule has 0 atom stereocenters. The summed E-state index contributed by atoms with van der Waals surface area (Å²) in [5.74, 6) is 0.788. The number of aromatic nitrogens is 2. The lowest BCUT2D eigenvalue weighted by Crippen LogP contribution is -2.27. The topological polar surface area (TPSA) is 73.2 Å². The summed E-state index contributed by atoms with van der Waals surface area (Å²) in [7, 11) is 0. The van der Waals surface area contributed by atoms with Crippen LogP contribution in [0.2, 0.25) is 0 Å². The average molecular weight is 345 g/mol. The van der Waals surface area contributed by atoms with Crippen molar-refractivity contribution in [3.05, 3.63) is 34.4 Å². The fourth-order valence-electron chi connectivity index (χ4n) is 2.62. The van der Waals surface area contributed by atoms with Crippen LogP contribution in [-0.4, -0.2) is 21.2 Å². The predicted molar refractivity (Wildman–Crippen MR) is 100 cm³/mol. The zero-order valence-electron chi connectivity index (χ0n) is 15.7. The molecule has 1 aromatic heterocycles. The molecule has 0 radical (unpaired) electrons. The molecule has 0 saturated heterocycles. The third-order valence-corrected chi connectivity index (χ3v) is 3.75. The summed E-state index contributed by atoms with van der Waals surface area (Å²) < 4.78 is 6.98. The largest absolute Gasteiger partial charge is 0.444 e. The van der Waals surface area contributed by atoms with Crippen molar-refractivity contribution in [1.29, 1.82) is 0 Å². The van der Waals surface area contributed by atoms with Crippen LogP contribution >= 0.6 is 0 Å². The summed E-state index contributed by atoms with van der Waals surface area (Å²) >= 11 is 0. The van der Waals surface area contributed by atoms with Gasteiger partial charge < -0.3 is 4.74 Å². The minimum atomic E-state index is -0.568. The fourth-order valence-corrected chi connectivity index (χ4v) is 2.62. The van der Waals surface area contributed by atoms with Crippen LogP contribution in [0, 0.1) is 0 Å². The lowest BCUT2D eigenvalue weighted by atomic mass is 10.2. The monoisotopic (exact) mass is 345 g/mol. The fraction of sp³-hybridized carbons (Fsp3) is 0.526. The Morgan fingerprint density at radius 2 is 2.00 bits per heavy atom. The number of carbonyl (C=O) groups is 1. The number of nitrogens with one attached hydrogen (secondary N) is 1. The van der Waals surface area contributed by atoms with Crippen molar-refractivity contribution in [3.8, 4) is 0 Å². The first-order valence-electron chi connectivity index (χ1n) is 8.78. The van der Waals surface area contributed by atoms with Crippen LogP contribution in [0.25, 0.3) is 10.9 Å². The van der Waals surface area contributed by atoms with E-state index in [4.69, 9.17) is 4.74 Å². The van der Waals surface area contributed by atoms with Crippen LogP contribution in [0.5, 0.6) is 0 Å². The number of rotatable bonds is 5. The van der Waals surface area contributed by atoms with Gasteiger partial charge in [-0.25, -0.2) is 9.78 Å². The van der Waals surface area contributed by atoms with Crippen LogP contribution in [0.15, 0.2) is 23.0 Å². The minimum Gasteiger partial charge on any atom is -0.444 e. The number of aryl methyl sites for hydroxylation is 1. The lowest BCUT2D eigenvalue weighted by Gasteiger charge is -2.19. The van der Waals surface area contributed by atoms with E-state index in [0.29, 0.717) is 23.1 Å². The van der Waals surface area contributed by atoms with E-state index in [1.807, 2.05) is 27.7 Å². The Kier molecular flexibility index (Phi) is 5.82. The smallest absolute Gasteiger partial charge is 0.412 e. The molecule has 0 aliphatic heterocycles. The summed E-state index contributed by atoms with van der Waals surface area (Å²) in [6, 6.07) is 5.12. The summed E-state index contributed by atoms with van der Waals surface area (Å²) in [4.78, 5) is 29.3. The predicted octanol–water partition coefficient (Wildman–Crippen LogP) is 4.11. The Balaban J connectivity index is 2.38. The molecular weight excluding hydrogens is 318 g/mol. The molecule has 2 rings (SSSR count). The number of nitrogens with zero attached hydrogens (tertiary/aromatic N) is 2. The van der Waals surface area contributed by atoms with E-state index in [0.717, 1.165) is 25.1 Å². The van der Waals surface area contributed by atoms with Crippen molar-refractivity contribution in [2.24, 2.45) is 0 Å². The summed E-state index contributed by atoms with van der Waals surface area (Å²) in [6.45, 7) is 10.1. The molecule has 1 aromatic carbocycles. The molecule has 136 valence electrons. The zero-order chi connectivity index (χ0) is 18.6.